The molecule has 178 valence electrons. The Morgan fingerprint density at radius 3 is 1.97 bits per heavy atom. The second-order valence-corrected chi connectivity index (χ2v) is 12.0. The summed E-state index contributed by atoms with van der Waals surface area (Å²) in [5.41, 5.74) is 0.0549. The van der Waals surface area contributed by atoms with Gasteiger partial charge in [0.05, 0.1) is 11.5 Å². The lowest BCUT2D eigenvalue weighted by atomic mass is 9.53. The zero-order valence-corrected chi connectivity index (χ0v) is 21.2. The second kappa shape index (κ2) is 13.3. The lowest BCUT2D eigenvalue weighted by Crippen LogP contribution is -2.42. The first kappa shape index (κ1) is 25.1. The highest BCUT2D eigenvalue weighted by molar-refractivity contribution is 5.09. The Balaban J connectivity index is 1.40. The van der Waals surface area contributed by atoms with Crippen LogP contribution in [0.2, 0.25) is 0 Å². The normalized spacial score (nSPS) is 36.0. The molecule has 1 heteroatoms. The summed E-state index contributed by atoms with van der Waals surface area (Å²) in [6.45, 7) is 4.62. The van der Waals surface area contributed by atoms with E-state index in [-0.39, 0.29) is 5.41 Å². The van der Waals surface area contributed by atoms with Gasteiger partial charge in [0.2, 0.25) is 0 Å². The first-order valence-corrected chi connectivity index (χ1v) is 14.6. The molecule has 3 aliphatic carbocycles. The standard InChI is InChI=1S/C30H53N/c1-3-5-7-9-11-13-26-16-19-29-22-28(20-21-30(29,23-26)24-31)27-17-14-25(15-18-27)12-10-8-6-4-2/h25-29H,3-23H2,1-2H3/t25?,26-,27?,28?,29-,30-/m1/s1. The molecule has 0 heterocycles. The molecular weight excluding hydrogens is 374 g/mol. The van der Waals surface area contributed by atoms with Gasteiger partial charge in [0, 0.05) is 0 Å². The number of fused-ring (bicyclic) bond motifs is 1. The fourth-order valence-corrected chi connectivity index (χ4v) is 7.78. The SMILES string of the molecule is CCCCCCC[C@@H]1CC[C@@H]2CC(C3CCC(CCCCCC)CC3)CC[C@]2(C#N)C1. The lowest BCUT2D eigenvalue weighted by Gasteiger charge is -2.50. The van der Waals surface area contributed by atoms with Crippen LogP contribution in [-0.2, 0) is 0 Å². The number of nitrogens with zero attached hydrogens (tertiary/aromatic N) is 1. The molecule has 1 unspecified atom stereocenters. The van der Waals surface area contributed by atoms with Gasteiger partial charge in [0.25, 0.3) is 0 Å². The highest BCUT2D eigenvalue weighted by atomic mass is 14.5. The third-order valence-corrected chi connectivity index (χ3v) is 9.87. The molecule has 3 saturated carbocycles. The molecule has 0 amide bonds. The number of rotatable bonds is 12. The van der Waals surface area contributed by atoms with Crippen molar-refractivity contribution in [2.24, 2.45) is 35.0 Å². The van der Waals surface area contributed by atoms with Gasteiger partial charge >= 0.3 is 0 Å². The molecule has 0 aromatic carbocycles. The van der Waals surface area contributed by atoms with Crippen molar-refractivity contribution in [2.45, 2.75) is 149 Å². The molecule has 3 fully saturated rings. The molecule has 4 atom stereocenters. The van der Waals surface area contributed by atoms with Crippen LogP contribution in [0.25, 0.3) is 0 Å². The van der Waals surface area contributed by atoms with Crippen molar-refractivity contribution in [2.75, 3.05) is 0 Å². The van der Waals surface area contributed by atoms with Gasteiger partial charge in [-0.2, -0.15) is 5.26 Å². The van der Waals surface area contributed by atoms with Crippen LogP contribution in [0, 0.1) is 46.3 Å². The fraction of sp³-hybridized carbons (Fsp3) is 0.967. The Morgan fingerprint density at radius 2 is 1.29 bits per heavy atom. The lowest BCUT2D eigenvalue weighted by molar-refractivity contribution is 0.0146. The van der Waals surface area contributed by atoms with Gasteiger partial charge in [-0.1, -0.05) is 104 Å². The number of hydrogen-bond acceptors (Lipinski definition) is 1. The smallest absolute Gasteiger partial charge is 0.0692 e. The van der Waals surface area contributed by atoms with Gasteiger partial charge in [-0.25, -0.2) is 0 Å². The molecule has 0 N–H and O–H groups in total. The minimum Gasteiger partial charge on any atom is -0.198 e. The van der Waals surface area contributed by atoms with Gasteiger partial charge in [-0.05, 0) is 74.5 Å². The predicted octanol–water partition coefficient (Wildman–Crippen LogP) is 9.85. The number of nitriles is 1. The second-order valence-electron chi connectivity index (χ2n) is 12.0. The van der Waals surface area contributed by atoms with E-state index in [1.165, 1.54) is 135 Å². The summed E-state index contributed by atoms with van der Waals surface area (Å²) in [4.78, 5) is 0. The van der Waals surface area contributed by atoms with Crippen LogP contribution in [0.4, 0.5) is 0 Å². The quantitative estimate of drug-likeness (QED) is 0.284. The van der Waals surface area contributed by atoms with Crippen LogP contribution in [0.1, 0.15) is 149 Å². The van der Waals surface area contributed by atoms with Crippen molar-refractivity contribution in [1.29, 1.82) is 5.26 Å². The van der Waals surface area contributed by atoms with Gasteiger partial charge < -0.3 is 0 Å². The topological polar surface area (TPSA) is 23.8 Å². The highest BCUT2D eigenvalue weighted by Gasteiger charge is 2.48. The third kappa shape index (κ3) is 7.24. The maximum absolute atomic E-state index is 10.2. The largest absolute Gasteiger partial charge is 0.198 e. The Bertz CT molecular complexity index is 525. The number of unbranched alkanes of at least 4 members (excludes halogenated alkanes) is 7. The van der Waals surface area contributed by atoms with E-state index >= 15 is 0 Å². The fourth-order valence-electron chi connectivity index (χ4n) is 7.78. The van der Waals surface area contributed by atoms with Crippen molar-refractivity contribution >= 4 is 0 Å². The summed E-state index contributed by atoms with van der Waals surface area (Å²) < 4.78 is 0. The number of hydrogen-bond donors (Lipinski definition) is 0. The van der Waals surface area contributed by atoms with Gasteiger partial charge in [-0.3, -0.25) is 0 Å². The molecule has 0 aliphatic heterocycles. The summed E-state index contributed by atoms with van der Waals surface area (Å²) in [5, 5.41) is 10.2. The van der Waals surface area contributed by atoms with Crippen LogP contribution in [-0.4, -0.2) is 0 Å². The molecule has 0 bridgehead atoms. The Kier molecular flexibility index (Phi) is 10.7. The van der Waals surface area contributed by atoms with E-state index in [0.717, 1.165) is 29.6 Å². The maximum atomic E-state index is 10.2. The molecule has 3 aliphatic rings. The van der Waals surface area contributed by atoms with E-state index in [2.05, 4.69) is 19.9 Å². The van der Waals surface area contributed by atoms with E-state index in [0.29, 0.717) is 0 Å². The molecule has 3 rings (SSSR count). The minimum atomic E-state index is 0.0549. The van der Waals surface area contributed by atoms with E-state index in [4.69, 9.17) is 0 Å². The molecule has 0 aromatic rings. The summed E-state index contributed by atoms with van der Waals surface area (Å²) in [6.07, 6.45) is 29.6. The average Bonchev–Trinajstić information content (AvgIpc) is 2.81. The van der Waals surface area contributed by atoms with Crippen molar-refractivity contribution < 1.29 is 0 Å². The van der Waals surface area contributed by atoms with Crippen molar-refractivity contribution in [3.05, 3.63) is 0 Å². The van der Waals surface area contributed by atoms with Crippen LogP contribution in [0.5, 0.6) is 0 Å². The predicted molar refractivity (Wildman–Crippen MR) is 134 cm³/mol. The molecule has 1 nitrogen and oxygen atoms in total. The molecule has 0 spiro atoms. The van der Waals surface area contributed by atoms with Crippen LogP contribution >= 0.6 is 0 Å². The van der Waals surface area contributed by atoms with E-state index < -0.39 is 0 Å². The summed E-state index contributed by atoms with van der Waals surface area (Å²) in [5.74, 6) is 4.53. The monoisotopic (exact) mass is 427 g/mol. The molecular formula is C30H53N. The van der Waals surface area contributed by atoms with Crippen molar-refractivity contribution in [3.63, 3.8) is 0 Å². The van der Waals surface area contributed by atoms with Crippen LogP contribution in [0.15, 0.2) is 0 Å². The summed E-state index contributed by atoms with van der Waals surface area (Å²) in [7, 11) is 0. The summed E-state index contributed by atoms with van der Waals surface area (Å²) in [6, 6.07) is 2.92. The van der Waals surface area contributed by atoms with Crippen molar-refractivity contribution in [1.82, 2.24) is 0 Å². The first-order chi connectivity index (χ1) is 15.2. The third-order valence-electron chi connectivity index (χ3n) is 9.87. The Hall–Kier alpha value is -0.510. The van der Waals surface area contributed by atoms with Crippen LogP contribution in [0.3, 0.4) is 0 Å². The highest BCUT2D eigenvalue weighted by Crippen LogP contribution is 2.56. The average molecular weight is 428 g/mol. The molecule has 0 aromatic heterocycles. The minimum absolute atomic E-state index is 0.0549. The van der Waals surface area contributed by atoms with E-state index in [9.17, 15) is 5.26 Å². The van der Waals surface area contributed by atoms with Gasteiger partial charge in [0.1, 0.15) is 0 Å². The van der Waals surface area contributed by atoms with Gasteiger partial charge in [-0.15, -0.1) is 0 Å². The zero-order chi connectivity index (χ0) is 21.9. The van der Waals surface area contributed by atoms with Gasteiger partial charge in [0.15, 0.2) is 0 Å². The Labute approximate surface area is 195 Å². The van der Waals surface area contributed by atoms with E-state index in [1.807, 2.05) is 0 Å². The molecule has 0 radical (unpaired) electrons. The van der Waals surface area contributed by atoms with E-state index in [1.54, 1.807) is 0 Å². The summed E-state index contributed by atoms with van der Waals surface area (Å²) >= 11 is 0. The maximum Gasteiger partial charge on any atom is 0.0692 e. The van der Waals surface area contributed by atoms with Crippen molar-refractivity contribution in [3.8, 4) is 6.07 Å². The molecule has 31 heavy (non-hydrogen) atoms. The van der Waals surface area contributed by atoms with Crippen LogP contribution < -0.4 is 0 Å². The Morgan fingerprint density at radius 1 is 0.677 bits per heavy atom. The zero-order valence-electron chi connectivity index (χ0n) is 21.2. The molecule has 0 saturated heterocycles. The first-order valence-electron chi connectivity index (χ1n) is 14.6.